The summed E-state index contributed by atoms with van der Waals surface area (Å²) in [5.74, 6) is 0.558. The minimum Gasteiger partial charge on any atom is -0.377 e. The Labute approximate surface area is 145 Å². The summed E-state index contributed by atoms with van der Waals surface area (Å²) in [5.41, 5.74) is 6.24. The normalized spacial score (nSPS) is 11.5. The molecule has 2 aromatic rings. The predicted octanol–water partition coefficient (Wildman–Crippen LogP) is 4.73. The van der Waals surface area contributed by atoms with E-state index in [1.54, 1.807) is 0 Å². The lowest BCUT2D eigenvalue weighted by Crippen LogP contribution is -2.39. The van der Waals surface area contributed by atoms with E-state index < -0.39 is 5.54 Å². The van der Waals surface area contributed by atoms with Crippen LogP contribution < -0.4 is 9.96 Å². The molecule has 0 saturated heterocycles. The van der Waals surface area contributed by atoms with Gasteiger partial charge in [0.05, 0.1) is 11.2 Å². The highest BCUT2D eigenvalue weighted by Crippen LogP contribution is 2.33. The van der Waals surface area contributed by atoms with E-state index in [4.69, 9.17) is 4.98 Å². The van der Waals surface area contributed by atoms with Gasteiger partial charge in [-0.05, 0) is 58.7 Å². The van der Waals surface area contributed by atoms with Crippen LogP contribution in [0.15, 0.2) is 24.3 Å². The highest BCUT2D eigenvalue weighted by molar-refractivity contribution is 5.73. The fourth-order valence-electron chi connectivity index (χ4n) is 2.92. The first-order valence-corrected chi connectivity index (χ1v) is 8.27. The molecular weight excluding hydrogens is 298 g/mol. The van der Waals surface area contributed by atoms with Crippen LogP contribution in [0.2, 0.25) is 0 Å². The summed E-state index contributed by atoms with van der Waals surface area (Å²) in [6.07, 6.45) is 0. The van der Waals surface area contributed by atoms with Gasteiger partial charge in [0.1, 0.15) is 0 Å². The molecule has 130 valence electrons. The standard InChI is InChI=1S/C20H29N3O/c1-13-9-14(2)19(15(3)10-13)17-11-16(22(7)8)12-18(21-17)23(24)20(4,5)6/h9-12,24H,1-8H3. The van der Waals surface area contributed by atoms with Gasteiger partial charge in [0.25, 0.3) is 0 Å². The van der Waals surface area contributed by atoms with E-state index in [0.717, 1.165) is 16.9 Å². The van der Waals surface area contributed by atoms with Gasteiger partial charge in [-0.2, -0.15) is 0 Å². The molecular formula is C20H29N3O. The first-order valence-electron chi connectivity index (χ1n) is 8.27. The fourth-order valence-corrected chi connectivity index (χ4v) is 2.92. The Hall–Kier alpha value is -2.07. The summed E-state index contributed by atoms with van der Waals surface area (Å²) >= 11 is 0. The first kappa shape index (κ1) is 18.3. The van der Waals surface area contributed by atoms with Crippen LogP contribution in [-0.4, -0.2) is 29.8 Å². The summed E-state index contributed by atoms with van der Waals surface area (Å²) in [6, 6.07) is 8.33. The smallest absolute Gasteiger partial charge is 0.155 e. The van der Waals surface area contributed by atoms with E-state index in [-0.39, 0.29) is 0 Å². The summed E-state index contributed by atoms with van der Waals surface area (Å²) < 4.78 is 0. The second-order valence-corrected chi connectivity index (χ2v) is 7.72. The maximum atomic E-state index is 10.6. The van der Waals surface area contributed by atoms with Crippen molar-refractivity contribution in [2.24, 2.45) is 0 Å². The topological polar surface area (TPSA) is 39.6 Å². The highest BCUT2D eigenvalue weighted by Gasteiger charge is 2.23. The Morgan fingerprint density at radius 2 is 1.46 bits per heavy atom. The minimum atomic E-state index is -0.424. The van der Waals surface area contributed by atoms with Gasteiger partial charge in [-0.15, -0.1) is 0 Å². The second kappa shape index (κ2) is 6.44. The van der Waals surface area contributed by atoms with Crippen LogP contribution in [0, 0.1) is 20.8 Å². The van der Waals surface area contributed by atoms with Crippen LogP contribution >= 0.6 is 0 Å². The Balaban J connectivity index is 2.69. The lowest BCUT2D eigenvalue weighted by Gasteiger charge is -2.31. The van der Waals surface area contributed by atoms with Gasteiger partial charge in [0, 0.05) is 31.4 Å². The summed E-state index contributed by atoms with van der Waals surface area (Å²) in [5, 5.41) is 11.8. The van der Waals surface area contributed by atoms with Crippen molar-refractivity contribution in [3.05, 3.63) is 41.0 Å². The van der Waals surface area contributed by atoms with Crippen molar-refractivity contribution in [1.29, 1.82) is 0 Å². The summed E-state index contributed by atoms with van der Waals surface area (Å²) in [6.45, 7) is 12.2. The first-order chi connectivity index (χ1) is 11.0. The van der Waals surface area contributed by atoms with Crippen LogP contribution in [0.25, 0.3) is 11.3 Å². The van der Waals surface area contributed by atoms with Crippen LogP contribution in [0.3, 0.4) is 0 Å². The van der Waals surface area contributed by atoms with Gasteiger partial charge in [-0.25, -0.2) is 10.0 Å². The van der Waals surface area contributed by atoms with Crippen LogP contribution in [0.5, 0.6) is 0 Å². The number of hydrogen-bond acceptors (Lipinski definition) is 4. The molecule has 2 rings (SSSR count). The van der Waals surface area contributed by atoms with Crippen molar-refractivity contribution in [2.45, 2.75) is 47.1 Å². The SMILES string of the molecule is Cc1cc(C)c(-c2cc(N(C)C)cc(N(O)C(C)(C)C)n2)c(C)c1. The van der Waals surface area contributed by atoms with Crippen molar-refractivity contribution in [1.82, 2.24) is 4.98 Å². The molecule has 1 heterocycles. The van der Waals surface area contributed by atoms with Crippen molar-refractivity contribution in [3.63, 3.8) is 0 Å². The zero-order valence-electron chi connectivity index (χ0n) is 16.1. The largest absolute Gasteiger partial charge is 0.377 e. The van der Waals surface area contributed by atoms with Crippen LogP contribution in [0.1, 0.15) is 37.5 Å². The molecule has 0 radical (unpaired) electrons. The Morgan fingerprint density at radius 3 is 1.92 bits per heavy atom. The molecule has 1 N–H and O–H groups in total. The third kappa shape index (κ3) is 3.70. The quantitative estimate of drug-likeness (QED) is 0.827. The van der Waals surface area contributed by atoms with E-state index in [2.05, 4.69) is 39.0 Å². The number of benzene rings is 1. The fraction of sp³-hybridized carbons (Fsp3) is 0.450. The average Bonchev–Trinajstić information content (AvgIpc) is 2.44. The molecule has 0 amide bonds. The maximum Gasteiger partial charge on any atom is 0.155 e. The van der Waals surface area contributed by atoms with Crippen molar-refractivity contribution in [3.8, 4) is 11.3 Å². The number of hydrogen-bond donors (Lipinski definition) is 1. The average molecular weight is 327 g/mol. The third-order valence-electron chi connectivity index (χ3n) is 4.10. The number of pyridine rings is 1. The number of anilines is 2. The molecule has 4 heteroatoms. The van der Waals surface area contributed by atoms with E-state index in [1.165, 1.54) is 21.8 Å². The van der Waals surface area contributed by atoms with E-state index in [1.807, 2.05) is 45.8 Å². The van der Waals surface area contributed by atoms with Crippen molar-refractivity contribution < 1.29 is 5.21 Å². The molecule has 1 aromatic carbocycles. The van der Waals surface area contributed by atoms with Gasteiger partial charge >= 0.3 is 0 Å². The zero-order valence-corrected chi connectivity index (χ0v) is 16.1. The molecule has 0 aliphatic heterocycles. The molecule has 0 aliphatic rings. The molecule has 24 heavy (non-hydrogen) atoms. The molecule has 1 aromatic heterocycles. The summed E-state index contributed by atoms with van der Waals surface area (Å²) in [4.78, 5) is 6.78. The Kier molecular flexibility index (Phi) is 4.90. The monoisotopic (exact) mass is 327 g/mol. The molecule has 0 saturated carbocycles. The zero-order chi connectivity index (χ0) is 18.2. The van der Waals surface area contributed by atoms with Crippen LogP contribution in [-0.2, 0) is 0 Å². The Bertz CT molecular complexity index is 722. The van der Waals surface area contributed by atoms with Crippen LogP contribution in [0.4, 0.5) is 11.5 Å². The van der Waals surface area contributed by atoms with E-state index >= 15 is 0 Å². The number of aromatic nitrogens is 1. The molecule has 0 unspecified atom stereocenters. The predicted molar refractivity (Wildman–Crippen MR) is 102 cm³/mol. The second-order valence-electron chi connectivity index (χ2n) is 7.72. The number of aryl methyl sites for hydroxylation is 3. The van der Waals surface area contributed by atoms with Gasteiger partial charge in [-0.3, -0.25) is 5.21 Å². The van der Waals surface area contributed by atoms with Crippen molar-refractivity contribution in [2.75, 3.05) is 24.1 Å². The molecule has 0 aliphatic carbocycles. The van der Waals surface area contributed by atoms with E-state index in [9.17, 15) is 5.21 Å². The molecule has 0 atom stereocenters. The Morgan fingerprint density at radius 1 is 0.917 bits per heavy atom. The number of rotatable bonds is 3. The maximum absolute atomic E-state index is 10.6. The lowest BCUT2D eigenvalue weighted by atomic mass is 9.96. The van der Waals surface area contributed by atoms with Gasteiger partial charge in [-0.1, -0.05) is 17.7 Å². The molecule has 0 fully saturated rings. The number of hydroxylamine groups is 1. The van der Waals surface area contributed by atoms with Gasteiger partial charge in [0.2, 0.25) is 0 Å². The number of nitrogens with zero attached hydrogens (tertiary/aromatic N) is 3. The lowest BCUT2D eigenvalue weighted by molar-refractivity contribution is 0.178. The molecule has 0 spiro atoms. The van der Waals surface area contributed by atoms with Gasteiger partial charge in [0.15, 0.2) is 5.82 Å². The highest BCUT2D eigenvalue weighted by atomic mass is 16.5. The summed E-state index contributed by atoms with van der Waals surface area (Å²) in [7, 11) is 3.99. The van der Waals surface area contributed by atoms with E-state index in [0.29, 0.717) is 5.82 Å². The minimum absolute atomic E-state index is 0.424. The molecule has 0 bridgehead atoms. The molecule has 4 nitrogen and oxygen atoms in total. The van der Waals surface area contributed by atoms with Crippen molar-refractivity contribution >= 4 is 11.5 Å². The van der Waals surface area contributed by atoms with Gasteiger partial charge < -0.3 is 4.90 Å². The third-order valence-corrected chi connectivity index (χ3v) is 4.10.